The molecule has 0 radical (unpaired) electrons. The summed E-state index contributed by atoms with van der Waals surface area (Å²) in [6.07, 6.45) is 0. The van der Waals surface area contributed by atoms with E-state index in [0.717, 1.165) is 16.0 Å². The van der Waals surface area contributed by atoms with E-state index in [0.29, 0.717) is 10.6 Å². The Hall–Kier alpha value is -2.41. The van der Waals surface area contributed by atoms with Gasteiger partial charge in [0.1, 0.15) is 16.6 Å². The van der Waals surface area contributed by atoms with Crippen molar-refractivity contribution < 1.29 is 13.7 Å². The van der Waals surface area contributed by atoms with Crippen LogP contribution in [0.1, 0.15) is 37.9 Å². The molecule has 1 N–H and O–H groups in total. The number of benzene rings is 3. The maximum absolute atomic E-state index is 13.4. The molecule has 0 aliphatic heterocycles. The number of ether oxygens (including phenoxy) is 1. The quantitative estimate of drug-likeness (QED) is 0.296. The SMILES string of the molecule is Cc1ccc(S(=O)N[C@@H](c2ccccc2)[C@@H](CSc2ccccc2)C(=O)OC(C)(C)C)cc1. The van der Waals surface area contributed by atoms with Crippen molar-refractivity contribution in [3.8, 4) is 0 Å². The average Bonchev–Trinajstić information content (AvgIpc) is 2.79. The molecule has 4 nitrogen and oxygen atoms in total. The van der Waals surface area contributed by atoms with E-state index in [1.807, 2.05) is 113 Å². The van der Waals surface area contributed by atoms with Gasteiger partial charge in [0.05, 0.1) is 16.9 Å². The smallest absolute Gasteiger partial charge is 0.312 e. The molecule has 1 unspecified atom stereocenters. The molecule has 3 atom stereocenters. The lowest BCUT2D eigenvalue weighted by Gasteiger charge is -2.30. The summed E-state index contributed by atoms with van der Waals surface area (Å²) in [5, 5.41) is 0. The molecule has 0 heterocycles. The number of thioether (sulfide) groups is 1. The van der Waals surface area contributed by atoms with Crippen molar-refractivity contribution in [3.05, 3.63) is 96.1 Å². The van der Waals surface area contributed by atoms with Gasteiger partial charge in [-0.25, -0.2) is 8.93 Å². The minimum absolute atomic E-state index is 0.312. The third-order valence-corrected chi connectivity index (χ3v) is 7.21. The van der Waals surface area contributed by atoms with E-state index < -0.39 is 28.5 Å². The molecule has 33 heavy (non-hydrogen) atoms. The predicted octanol–water partition coefficient (Wildman–Crippen LogP) is 6.10. The fourth-order valence-electron chi connectivity index (χ4n) is 3.27. The van der Waals surface area contributed by atoms with Crippen molar-refractivity contribution in [2.75, 3.05) is 5.75 Å². The Morgan fingerprint density at radius 1 is 0.939 bits per heavy atom. The first-order valence-electron chi connectivity index (χ1n) is 10.9. The lowest BCUT2D eigenvalue weighted by Crippen LogP contribution is -2.39. The zero-order valence-electron chi connectivity index (χ0n) is 19.5. The van der Waals surface area contributed by atoms with Crippen LogP contribution in [0.4, 0.5) is 0 Å². The molecule has 0 bridgehead atoms. The van der Waals surface area contributed by atoms with Gasteiger partial charge in [-0.15, -0.1) is 11.8 Å². The molecule has 3 aromatic carbocycles. The number of aryl methyl sites for hydroxylation is 1. The fraction of sp³-hybridized carbons (Fsp3) is 0.296. The molecule has 0 aromatic heterocycles. The Labute approximate surface area is 203 Å². The van der Waals surface area contributed by atoms with Crippen LogP contribution in [0.5, 0.6) is 0 Å². The van der Waals surface area contributed by atoms with E-state index in [2.05, 4.69) is 4.72 Å². The molecule has 0 fully saturated rings. The highest BCUT2D eigenvalue weighted by atomic mass is 32.2. The number of rotatable bonds is 9. The van der Waals surface area contributed by atoms with Crippen LogP contribution in [-0.4, -0.2) is 21.5 Å². The molecular weight excluding hydrogens is 450 g/mol. The van der Waals surface area contributed by atoms with Crippen LogP contribution < -0.4 is 4.72 Å². The van der Waals surface area contributed by atoms with Gasteiger partial charge in [-0.3, -0.25) is 4.79 Å². The van der Waals surface area contributed by atoms with Crippen LogP contribution in [0.2, 0.25) is 0 Å². The van der Waals surface area contributed by atoms with Gasteiger partial charge in [0, 0.05) is 10.6 Å². The largest absolute Gasteiger partial charge is 0.460 e. The molecule has 0 saturated heterocycles. The second-order valence-electron chi connectivity index (χ2n) is 8.85. The summed E-state index contributed by atoms with van der Waals surface area (Å²) < 4.78 is 22.3. The van der Waals surface area contributed by atoms with Crippen molar-refractivity contribution in [3.63, 3.8) is 0 Å². The standard InChI is InChI=1S/C27H31NO3S2/c1-20-15-17-23(18-16-20)33(30)28-25(21-11-7-5-8-12-21)24(26(29)31-27(2,3)4)19-32-22-13-9-6-10-14-22/h5-18,24-25,28H,19H2,1-4H3/t24-,25+,33?/m1/s1. The highest BCUT2D eigenvalue weighted by molar-refractivity contribution is 7.99. The van der Waals surface area contributed by atoms with Crippen molar-refractivity contribution in [1.82, 2.24) is 4.72 Å². The van der Waals surface area contributed by atoms with E-state index in [-0.39, 0.29) is 5.97 Å². The first-order valence-corrected chi connectivity index (χ1v) is 13.1. The fourth-order valence-corrected chi connectivity index (χ4v) is 5.37. The van der Waals surface area contributed by atoms with Crippen LogP contribution in [-0.2, 0) is 20.5 Å². The highest BCUT2D eigenvalue weighted by Crippen LogP contribution is 2.32. The van der Waals surface area contributed by atoms with E-state index in [4.69, 9.17) is 4.74 Å². The molecule has 0 amide bonds. The number of hydrogen-bond donors (Lipinski definition) is 1. The normalized spacial score (nSPS) is 14.3. The lowest BCUT2D eigenvalue weighted by atomic mass is 9.95. The lowest BCUT2D eigenvalue weighted by molar-refractivity contribution is -0.160. The van der Waals surface area contributed by atoms with Crippen molar-refractivity contribution in [1.29, 1.82) is 0 Å². The number of carbonyl (C=O) groups excluding carboxylic acids is 1. The Morgan fingerprint density at radius 3 is 2.09 bits per heavy atom. The van der Waals surface area contributed by atoms with Crippen molar-refractivity contribution >= 4 is 28.7 Å². The van der Waals surface area contributed by atoms with E-state index in [1.165, 1.54) is 0 Å². The summed E-state index contributed by atoms with van der Waals surface area (Å²) >= 11 is 1.59. The van der Waals surface area contributed by atoms with Gasteiger partial charge < -0.3 is 4.74 Å². The second-order valence-corrected chi connectivity index (χ2v) is 11.2. The Bertz CT molecular complexity index is 1050. The molecule has 6 heteroatoms. The number of hydrogen-bond acceptors (Lipinski definition) is 4. The summed E-state index contributed by atoms with van der Waals surface area (Å²) in [6, 6.07) is 26.7. The minimum Gasteiger partial charge on any atom is -0.460 e. The van der Waals surface area contributed by atoms with Crippen LogP contribution in [0, 0.1) is 12.8 Å². The summed E-state index contributed by atoms with van der Waals surface area (Å²) in [7, 11) is -1.50. The van der Waals surface area contributed by atoms with Crippen molar-refractivity contribution in [2.45, 2.75) is 49.1 Å². The van der Waals surface area contributed by atoms with E-state index >= 15 is 0 Å². The molecule has 0 aliphatic carbocycles. The molecule has 174 valence electrons. The topological polar surface area (TPSA) is 55.4 Å². The highest BCUT2D eigenvalue weighted by Gasteiger charge is 2.34. The first-order chi connectivity index (χ1) is 15.7. The predicted molar refractivity (Wildman–Crippen MR) is 136 cm³/mol. The molecule has 3 aromatic rings. The van der Waals surface area contributed by atoms with Crippen LogP contribution in [0.25, 0.3) is 0 Å². The van der Waals surface area contributed by atoms with Gasteiger partial charge in [-0.1, -0.05) is 66.2 Å². The Kier molecular flexibility index (Phi) is 8.89. The summed E-state index contributed by atoms with van der Waals surface area (Å²) in [4.78, 5) is 15.1. The minimum atomic E-state index is -1.50. The van der Waals surface area contributed by atoms with Crippen LogP contribution in [0.3, 0.4) is 0 Å². The zero-order chi connectivity index (χ0) is 23.8. The third kappa shape index (κ3) is 7.84. The van der Waals surface area contributed by atoms with Crippen LogP contribution in [0.15, 0.2) is 94.7 Å². The third-order valence-electron chi connectivity index (χ3n) is 4.91. The average molecular weight is 482 g/mol. The van der Waals surface area contributed by atoms with Gasteiger partial charge in [-0.05, 0) is 57.5 Å². The summed E-state index contributed by atoms with van der Waals surface area (Å²) in [5.41, 5.74) is 1.37. The van der Waals surface area contributed by atoms with Gasteiger partial charge >= 0.3 is 5.97 Å². The zero-order valence-corrected chi connectivity index (χ0v) is 21.1. The maximum Gasteiger partial charge on any atom is 0.312 e. The summed E-state index contributed by atoms with van der Waals surface area (Å²) in [5.74, 6) is -0.379. The van der Waals surface area contributed by atoms with Crippen molar-refractivity contribution in [2.24, 2.45) is 5.92 Å². The maximum atomic E-state index is 13.4. The number of carbonyl (C=O) groups is 1. The summed E-state index contributed by atoms with van der Waals surface area (Å²) in [6.45, 7) is 7.58. The second kappa shape index (κ2) is 11.6. The van der Waals surface area contributed by atoms with Crippen LogP contribution >= 0.6 is 11.8 Å². The van der Waals surface area contributed by atoms with Gasteiger partial charge in [0.15, 0.2) is 0 Å². The molecular formula is C27H31NO3S2. The Morgan fingerprint density at radius 2 is 1.52 bits per heavy atom. The molecule has 0 spiro atoms. The number of nitrogens with one attached hydrogen (secondary N) is 1. The monoisotopic (exact) mass is 481 g/mol. The molecule has 0 aliphatic rings. The number of esters is 1. The Balaban J connectivity index is 1.93. The molecule has 0 saturated carbocycles. The first kappa shape index (κ1) is 25.2. The van der Waals surface area contributed by atoms with Gasteiger partial charge in [0.2, 0.25) is 0 Å². The van der Waals surface area contributed by atoms with Gasteiger partial charge in [0.25, 0.3) is 0 Å². The van der Waals surface area contributed by atoms with E-state index in [9.17, 15) is 9.00 Å². The molecule has 3 rings (SSSR count). The van der Waals surface area contributed by atoms with E-state index in [1.54, 1.807) is 11.8 Å². The van der Waals surface area contributed by atoms with Gasteiger partial charge in [-0.2, -0.15) is 0 Å².